The molecular formula is C9H3Cl2F5N2. The van der Waals surface area contributed by atoms with Gasteiger partial charge in [0.25, 0.3) is 0 Å². The molecule has 0 saturated heterocycles. The molecule has 0 aliphatic carbocycles. The maximum absolute atomic E-state index is 13.0. The Labute approximate surface area is 107 Å². The van der Waals surface area contributed by atoms with E-state index >= 15 is 0 Å². The molecule has 1 heterocycles. The van der Waals surface area contributed by atoms with Crippen LogP contribution >= 0.6 is 23.2 Å². The van der Waals surface area contributed by atoms with Gasteiger partial charge < -0.3 is 4.98 Å². The average molecular weight is 305 g/mol. The van der Waals surface area contributed by atoms with Gasteiger partial charge in [0.1, 0.15) is 0 Å². The van der Waals surface area contributed by atoms with Crippen molar-refractivity contribution in [3.05, 3.63) is 28.0 Å². The fourth-order valence-corrected chi connectivity index (χ4v) is 1.61. The number of hydrogen-bond acceptors (Lipinski definition) is 1. The van der Waals surface area contributed by atoms with Gasteiger partial charge in [-0.25, -0.2) is 4.98 Å². The SMILES string of the molecule is FC(F)(F)C(F)(F)c1nc2cc(Cl)c(Cl)cc2[nH]1. The predicted octanol–water partition coefficient (Wildman–Crippen LogP) is 4.52. The van der Waals surface area contributed by atoms with E-state index in [4.69, 9.17) is 23.2 Å². The summed E-state index contributed by atoms with van der Waals surface area (Å²) in [5.74, 6) is -6.56. The third-order valence-corrected chi connectivity index (χ3v) is 2.90. The standard InChI is InChI=1S/C9H3Cl2F5N2/c10-3-1-5-6(2-4(3)11)18-7(17-5)8(12,13)9(14,15)16/h1-2H,(H,17,18). The molecule has 1 aromatic carbocycles. The van der Waals surface area contributed by atoms with E-state index in [1.807, 2.05) is 4.98 Å². The van der Waals surface area contributed by atoms with Gasteiger partial charge in [0.15, 0.2) is 5.82 Å². The molecule has 1 aromatic heterocycles. The van der Waals surface area contributed by atoms with Crippen LogP contribution in [0.5, 0.6) is 0 Å². The van der Waals surface area contributed by atoms with Gasteiger partial charge in [-0.2, -0.15) is 22.0 Å². The largest absolute Gasteiger partial charge is 0.461 e. The van der Waals surface area contributed by atoms with Gasteiger partial charge >= 0.3 is 12.1 Å². The highest BCUT2D eigenvalue weighted by Crippen LogP contribution is 2.43. The van der Waals surface area contributed by atoms with Gasteiger partial charge in [0.05, 0.1) is 21.1 Å². The van der Waals surface area contributed by atoms with Crippen LogP contribution in [0.1, 0.15) is 5.82 Å². The normalized spacial score (nSPS) is 13.3. The zero-order valence-corrected chi connectivity index (χ0v) is 9.76. The number of halogens is 7. The fourth-order valence-electron chi connectivity index (χ4n) is 1.29. The Morgan fingerprint density at radius 2 is 1.56 bits per heavy atom. The van der Waals surface area contributed by atoms with E-state index < -0.39 is 17.9 Å². The summed E-state index contributed by atoms with van der Waals surface area (Å²) in [4.78, 5) is 5.07. The van der Waals surface area contributed by atoms with Crippen molar-refractivity contribution in [2.75, 3.05) is 0 Å². The number of alkyl halides is 5. The Morgan fingerprint density at radius 3 is 2.11 bits per heavy atom. The minimum Gasteiger partial charge on any atom is -0.337 e. The van der Waals surface area contributed by atoms with Crippen LogP contribution in [0.2, 0.25) is 10.0 Å². The first kappa shape index (κ1) is 13.4. The molecule has 1 N–H and O–H groups in total. The summed E-state index contributed by atoms with van der Waals surface area (Å²) >= 11 is 11.2. The third-order valence-electron chi connectivity index (χ3n) is 2.18. The Hall–Kier alpha value is -1.08. The van der Waals surface area contributed by atoms with Crippen molar-refractivity contribution in [2.45, 2.75) is 12.1 Å². The van der Waals surface area contributed by atoms with Crippen LogP contribution in [0.4, 0.5) is 22.0 Å². The predicted molar refractivity (Wildman–Crippen MR) is 56.1 cm³/mol. The first-order chi connectivity index (χ1) is 8.13. The van der Waals surface area contributed by atoms with Crippen molar-refractivity contribution >= 4 is 34.2 Å². The number of rotatable bonds is 1. The molecule has 0 bridgehead atoms. The molecule has 0 aliphatic rings. The van der Waals surface area contributed by atoms with E-state index in [-0.39, 0.29) is 21.1 Å². The van der Waals surface area contributed by atoms with Crippen LogP contribution in [-0.2, 0) is 5.92 Å². The number of fused-ring (bicyclic) bond motifs is 1. The fraction of sp³-hybridized carbons (Fsp3) is 0.222. The summed E-state index contributed by atoms with van der Waals surface area (Å²) < 4.78 is 62.5. The smallest absolute Gasteiger partial charge is 0.337 e. The second-order valence-electron chi connectivity index (χ2n) is 3.44. The zero-order chi connectivity index (χ0) is 13.7. The Balaban J connectivity index is 2.61. The van der Waals surface area contributed by atoms with Crippen molar-refractivity contribution < 1.29 is 22.0 Å². The van der Waals surface area contributed by atoms with Crippen LogP contribution in [0, 0.1) is 0 Å². The number of nitrogens with one attached hydrogen (secondary N) is 1. The number of H-pyrrole nitrogens is 1. The summed E-state index contributed by atoms with van der Waals surface area (Å²) in [5.41, 5.74) is -0.174. The lowest BCUT2D eigenvalue weighted by molar-refractivity contribution is -0.292. The molecular weight excluding hydrogens is 302 g/mol. The van der Waals surface area contributed by atoms with Crippen LogP contribution in [0.15, 0.2) is 12.1 Å². The third kappa shape index (κ3) is 2.01. The van der Waals surface area contributed by atoms with Crippen molar-refractivity contribution in [3.8, 4) is 0 Å². The summed E-state index contributed by atoms with van der Waals surface area (Å²) in [6.07, 6.45) is -5.73. The van der Waals surface area contributed by atoms with E-state index in [9.17, 15) is 22.0 Å². The number of imidazole rings is 1. The number of hydrogen-bond donors (Lipinski definition) is 1. The van der Waals surface area contributed by atoms with Crippen molar-refractivity contribution in [2.24, 2.45) is 0 Å². The topological polar surface area (TPSA) is 28.7 Å². The number of nitrogens with zero attached hydrogens (tertiary/aromatic N) is 1. The molecule has 0 unspecified atom stereocenters. The molecule has 0 amide bonds. The first-order valence-electron chi connectivity index (χ1n) is 4.42. The molecule has 9 heteroatoms. The van der Waals surface area contributed by atoms with Crippen LogP contribution < -0.4 is 0 Å². The van der Waals surface area contributed by atoms with Gasteiger partial charge in [-0.1, -0.05) is 23.2 Å². The second-order valence-corrected chi connectivity index (χ2v) is 4.26. The van der Waals surface area contributed by atoms with Gasteiger partial charge in [-0.3, -0.25) is 0 Å². The highest BCUT2D eigenvalue weighted by Gasteiger charge is 2.61. The second kappa shape index (κ2) is 3.96. The van der Waals surface area contributed by atoms with E-state index in [1.165, 1.54) is 0 Å². The van der Waals surface area contributed by atoms with Gasteiger partial charge in [-0.15, -0.1) is 0 Å². The van der Waals surface area contributed by atoms with E-state index in [0.29, 0.717) is 0 Å². The lowest BCUT2D eigenvalue weighted by atomic mass is 10.3. The molecule has 18 heavy (non-hydrogen) atoms. The van der Waals surface area contributed by atoms with Crippen molar-refractivity contribution in [1.82, 2.24) is 9.97 Å². The van der Waals surface area contributed by atoms with E-state index in [1.54, 1.807) is 0 Å². The minimum absolute atomic E-state index is 0.0116. The molecule has 0 atom stereocenters. The highest BCUT2D eigenvalue weighted by molar-refractivity contribution is 6.42. The quantitative estimate of drug-likeness (QED) is 0.771. The van der Waals surface area contributed by atoms with Crippen molar-refractivity contribution in [3.63, 3.8) is 0 Å². The van der Waals surface area contributed by atoms with Crippen LogP contribution in [0.3, 0.4) is 0 Å². The zero-order valence-electron chi connectivity index (χ0n) is 8.25. The van der Waals surface area contributed by atoms with Gasteiger partial charge in [0.2, 0.25) is 0 Å². The van der Waals surface area contributed by atoms with E-state index in [0.717, 1.165) is 12.1 Å². The summed E-state index contributed by atoms with van der Waals surface area (Å²) in [7, 11) is 0. The molecule has 2 rings (SSSR count). The van der Waals surface area contributed by atoms with Crippen LogP contribution in [-0.4, -0.2) is 16.1 Å². The highest BCUT2D eigenvalue weighted by atomic mass is 35.5. The Morgan fingerprint density at radius 1 is 1.00 bits per heavy atom. The number of aromatic amines is 1. The molecule has 0 aliphatic heterocycles. The first-order valence-corrected chi connectivity index (χ1v) is 5.18. The van der Waals surface area contributed by atoms with Gasteiger partial charge in [0, 0.05) is 0 Å². The molecule has 0 fully saturated rings. The molecule has 0 radical (unpaired) electrons. The molecule has 0 spiro atoms. The monoisotopic (exact) mass is 304 g/mol. The molecule has 98 valence electrons. The van der Waals surface area contributed by atoms with Crippen molar-refractivity contribution in [1.29, 1.82) is 0 Å². The molecule has 0 saturated carbocycles. The minimum atomic E-state index is -5.73. The maximum Gasteiger partial charge on any atom is 0.461 e. The number of benzene rings is 1. The Kier molecular flexibility index (Phi) is 2.94. The maximum atomic E-state index is 13.0. The van der Waals surface area contributed by atoms with Gasteiger partial charge in [-0.05, 0) is 12.1 Å². The van der Waals surface area contributed by atoms with Crippen LogP contribution in [0.25, 0.3) is 11.0 Å². The number of aromatic nitrogens is 2. The molecule has 2 aromatic rings. The molecule has 2 nitrogen and oxygen atoms in total. The lowest BCUT2D eigenvalue weighted by Gasteiger charge is -2.16. The lowest BCUT2D eigenvalue weighted by Crippen LogP contribution is -2.34. The Bertz CT molecular complexity index is 566. The summed E-state index contributed by atoms with van der Waals surface area (Å²) in [6, 6.07) is 2.23. The summed E-state index contributed by atoms with van der Waals surface area (Å²) in [6.45, 7) is 0. The average Bonchev–Trinajstić information content (AvgIpc) is 2.60. The van der Waals surface area contributed by atoms with E-state index in [2.05, 4.69) is 4.98 Å². The summed E-state index contributed by atoms with van der Waals surface area (Å²) in [5, 5.41) is 0.0345.